The van der Waals surface area contributed by atoms with Crippen LogP contribution in [0.4, 0.5) is 24.5 Å². The highest BCUT2D eigenvalue weighted by Crippen LogP contribution is 2.23. The van der Waals surface area contributed by atoms with E-state index in [2.05, 4.69) is 5.32 Å². The topological polar surface area (TPSA) is 55.2 Å². The number of nitrogens with one attached hydrogen (secondary N) is 1. The molecule has 4 nitrogen and oxygen atoms in total. The highest BCUT2D eigenvalue weighted by molar-refractivity contribution is 5.52. The van der Waals surface area contributed by atoms with Gasteiger partial charge >= 0.3 is 5.69 Å². The van der Waals surface area contributed by atoms with Crippen molar-refractivity contribution in [3.05, 3.63) is 69.5 Å². The molecule has 0 aliphatic carbocycles. The smallest absolute Gasteiger partial charge is 0.306 e. The summed E-state index contributed by atoms with van der Waals surface area (Å²) in [5, 5.41) is 13.5. The van der Waals surface area contributed by atoms with Crippen molar-refractivity contribution in [3.8, 4) is 0 Å². The quantitative estimate of drug-likeness (QED) is 0.661. The van der Waals surface area contributed by atoms with E-state index in [4.69, 9.17) is 0 Å². The fourth-order valence-electron chi connectivity index (χ4n) is 1.81. The maximum atomic E-state index is 13.2. The summed E-state index contributed by atoms with van der Waals surface area (Å²) in [4.78, 5) is 9.80. The van der Waals surface area contributed by atoms with E-state index in [9.17, 15) is 23.3 Å². The second kappa shape index (κ2) is 6.25. The number of nitro groups is 1. The molecule has 0 aliphatic heterocycles. The van der Waals surface area contributed by atoms with Gasteiger partial charge in [0.25, 0.3) is 6.43 Å². The largest absolute Gasteiger partial charge is 0.381 e. The number of hydrogen-bond acceptors (Lipinski definition) is 3. The lowest BCUT2D eigenvalue weighted by atomic mass is 10.1. The Balaban J connectivity index is 2.11. The molecule has 2 aromatic carbocycles. The Morgan fingerprint density at radius 2 is 1.95 bits per heavy atom. The summed E-state index contributed by atoms with van der Waals surface area (Å²) < 4.78 is 38.3. The summed E-state index contributed by atoms with van der Waals surface area (Å²) in [6, 6.07) is 9.20. The summed E-state index contributed by atoms with van der Waals surface area (Å²) in [6.07, 6.45) is -2.56. The molecule has 7 heteroatoms. The van der Waals surface area contributed by atoms with Crippen LogP contribution in [0.2, 0.25) is 0 Å². The number of anilines is 1. The molecule has 0 unspecified atom stereocenters. The zero-order valence-electron chi connectivity index (χ0n) is 10.7. The number of benzene rings is 2. The first-order chi connectivity index (χ1) is 9.97. The van der Waals surface area contributed by atoms with E-state index in [-0.39, 0.29) is 12.1 Å². The van der Waals surface area contributed by atoms with E-state index in [1.54, 1.807) is 6.07 Å². The predicted molar refractivity (Wildman–Crippen MR) is 71.8 cm³/mol. The van der Waals surface area contributed by atoms with Crippen molar-refractivity contribution in [2.24, 2.45) is 0 Å². The first kappa shape index (κ1) is 14.8. The van der Waals surface area contributed by atoms with E-state index in [1.807, 2.05) is 0 Å². The molecule has 0 fully saturated rings. The van der Waals surface area contributed by atoms with Crippen LogP contribution >= 0.6 is 0 Å². The lowest BCUT2D eigenvalue weighted by Crippen LogP contribution is -2.01. The number of alkyl halides is 2. The van der Waals surface area contributed by atoms with Crippen molar-refractivity contribution < 1.29 is 18.1 Å². The van der Waals surface area contributed by atoms with Crippen LogP contribution in [0.1, 0.15) is 17.6 Å². The van der Waals surface area contributed by atoms with Gasteiger partial charge < -0.3 is 5.32 Å². The third-order valence-corrected chi connectivity index (χ3v) is 2.84. The molecule has 110 valence electrons. The molecule has 0 amide bonds. The first-order valence-corrected chi connectivity index (χ1v) is 6.02. The van der Waals surface area contributed by atoms with Crippen LogP contribution in [-0.4, -0.2) is 4.92 Å². The van der Waals surface area contributed by atoms with E-state index >= 15 is 0 Å². The summed E-state index contributed by atoms with van der Waals surface area (Å²) in [5.41, 5.74) is 0.200. The molecule has 0 saturated heterocycles. The number of nitrogens with zero attached hydrogens (tertiary/aromatic N) is 1. The van der Waals surface area contributed by atoms with E-state index in [0.717, 1.165) is 12.1 Å². The lowest BCUT2D eigenvalue weighted by Gasteiger charge is -2.08. The third kappa shape index (κ3) is 3.71. The molecule has 2 aromatic rings. The van der Waals surface area contributed by atoms with Gasteiger partial charge in [-0.3, -0.25) is 10.1 Å². The Hall–Kier alpha value is -2.57. The molecule has 2 rings (SSSR count). The van der Waals surface area contributed by atoms with Gasteiger partial charge in [0.15, 0.2) is 0 Å². The maximum Gasteiger partial charge on any atom is 0.306 e. The van der Waals surface area contributed by atoms with Crippen molar-refractivity contribution in [2.45, 2.75) is 13.0 Å². The Labute approximate surface area is 118 Å². The van der Waals surface area contributed by atoms with E-state index < -0.39 is 22.9 Å². The van der Waals surface area contributed by atoms with Crippen LogP contribution in [0.5, 0.6) is 0 Å². The molecule has 0 saturated carbocycles. The predicted octanol–water partition coefficient (Wildman–Crippen LogP) is 4.28. The Morgan fingerprint density at radius 1 is 1.19 bits per heavy atom. The van der Waals surface area contributed by atoms with Crippen LogP contribution in [0.25, 0.3) is 0 Å². The Morgan fingerprint density at radius 3 is 2.62 bits per heavy atom. The fourth-order valence-corrected chi connectivity index (χ4v) is 1.81. The van der Waals surface area contributed by atoms with Crippen molar-refractivity contribution in [1.29, 1.82) is 0 Å². The van der Waals surface area contributed by atoms with Gasteiger partial charge in [-0.1, -0.05) is 18.2 Å². The van der Waals surface area contributed by atoms with Crippen molar-refractivity contribution >= 4 is 11.4 Å². The molecule has 0 aromatic heterocycles. The normalized spacial score (nSPS) is 10.7. The highest BCUT2D eigenvalue weighted by Gasteiger charge is 2.14. The number of rotatable bonds is 5. The van der Waals surface area contributed by atoms with Gasteiger partial charge in [0.1, 0.15) is 0 Å². The minimum atomic E-state index is -2.56. The molecule has 21 heavy (non-hydrogen) atoms. The highest BCUT2D eigenvalue weighted by atomic mass is 19.3. The fraction of sp³-hybridized carbons (Fsp3) is 0.143. The summed E-state index contributed by atoms with van der Waals surface area (Å²) in [7, 11) is 0. The molecular weight excluding hydrogens is 285 g/mol. The molecule has 0 radical (unpaired) electrons. The van der Waals surface area contributed by atoms with Crippen LogP contribution in [0, 0.1) is 15.9 Å². The average Bonchev–Trinajstić information content (AvgIpc) is 2.46. The second-order valence-corrected chi connectivity index (χ2v) is 4.32. The zero-order valence-corrected chi connectivity index (χ0v) is 10.7. The van der Waals surface area contributed by atoms with Gasteiger partial charge in [0.2, 0.25) is 5.82 Å². The van der Waals surface area contributed by atoms with Gasteiger partial charge in [-0.15, -0.1) is 0 Å². The number of nitro benzene ring substituents is 1. The average molecular weight is 296 g/mol. The summed E-state index contributed by atoms with van der Waals surface area (Å²) >= 11 is 0. The SMILES string of the molecule is O=[N+]([O-])c1cc(NCc2cccc(C(F)F)c2)ccc1F. The third-order valence-electron chi connectivity index (χ3n) is 2.84. The van der Waals surface area contributed by atoms with Crippen LogP contribution in [0.3, 0.4) is 0 Å². The molecule has 0 bridgehead atoms. The number of halogens is 3. The number of hydrogen-bond donors (Lipinski definition) is 1. The standard InChI is InChI=1S/C14H11F3N2O2/c15-12-5-4-11(7-13(12)19(20)21)18-8-9-2-1-3-10(6-9)14(16)17/h1-7,14,18H,8H2. The minimum Gasteiger partial charge on any atom is -0.381 e. The maximum absolute atomic E-state index is 13.2. The molecule has 0 heterocycles. The molecular formula is C14H11F3N2O2. The van der Waals surface area contributed by atoms with Gasteiger partial charge in [-0.25, -0.2) is 8.78 Å². The second-order valence-electron chi connectivity index (χ2n) is 4.32. The van der Waals surface area contributed by atoms with Crippen molar-refractivity contribution in [1.82, 2.24) is 0 Å². The van der Waals surface area contributed by atoms with Gasteiger partial charge in [-0.05, 0) is 23.8 Å². The summed E-state index contributed by atoms with van der Waals surface area (Å²) in [5.74, 6) is -0.926. The Kier molecular flexibility index (Phi) is 4.42. The molecule has 0 spiro atoms. The van der Waals surface area contributed by atoms with Crippen LogP contribution < -0.4 is 5.32 Å². The molecule has 1 N–H and O–H groups in total. The van der Waals surface area contributed by atoms with Crippen LogP contribution in [0.15, 0.2) is 42.5 Å². The Bertz CT molecular complexity index is 662. The van der Waals surface area contributed by atoms with Gasteiger partial charge in [0.05, 0.1) is 4.92 Å². The zero-order chi connectivity index (χ0) is 15.4. The van der Waals surface area contributed by atoms with E-state index in [1.165, 1.54) is 24.3 Å². The van der Waals surface area contributed by atoms with E-state index in [0.29, 0.717) is 11.3 Å². The minimum absolute atomic E-state index is 0.0978. The molecule has 0 atom stereocenters. The van der Waals surface area contributed by atoms with Crippen molar-refractivity contribution in [2.75, 3.05) is 5.32 Å². The monoisotopic (exact) mass is 296 g/mol. The lowest BCUT2D eigenvalue weighted by molar-refractivity contribution is -0.387. The van der Waals surface area contributed by atoms with Crippen LogP contribution in [-0.2, 0) is 6.54 Å². The van der Waals surface area contributed by atoms with Crippen molar-refractivity contribution in [3.63, 3.8) is 0 Å². The van der Waals surface area contributed by atoms with Gasteiger partial charge in [-0.2, -0.15) is 4.39 Å². The molecule has 0 aliphatic rings. The van der Waals surface area contributed by atoms with Gasteiger partial charge in [0, 0.05) is 23.9 Å². The summed E-state index contributed by atoms with van der Waals surface area (Å²) in [6.45, 7) is 0.198. The first-order valence-electron chi connectivity index (χ1n) is 6.02.